The first kappa shape index (κ1) is 13.4. The Labute approximate surface area is 123 Å². The Bertz CT molecular complexity index is 439. The number of amides is 1. The normalized spacial score (nSPS) is 19.7. The van der Waals surface area contributed by atoms with E-state index in [-0.39, 0.29) is 5.91 Å². The number of carbonyl (C=O) groups is 1. The monoisotopic (exact) mass is 379 g/mol. The number of halogens is 3. The molecule has 1 aliphatic rings. The molecule has 0 bridgehead atoms. The van der Waals surface area contributed by atoms with Crippen LogP contribution in [-0.4, -0.2) is 29.2 Å². The molecule has 0 saturated carbocycles. The largest absolute Gasteiger partial charge is 0.338 e. The molecule has 1 aromatic rings. The van der Waals surface area contributed by atoms with Crippen LogP contribution in [0.4, 0.5) is 0 Å². The van der Waals surface area contributed by atoms with E-state index in [0.29, 0.717) is 16.5 Å². The van der Waals surface area contributed by atoms with Crippen LogP contribution in [0.15, 0.2) is 22.7 Å². The molecule has 0 spiro atoms. The van der Waals surface area contributed by atoms with Gasteiger partial charge in [-0.2, -0.15) is 0 Å². The van der Waals surface area contributed by atoms with Crippen LogP contribution in [0.5, 0.6) is 0 Å². The van der Waals surface area contributed by atoms with Crippen LogP contribution in [0.1, 0.15) is 16.8 Å². The SMILES string of the molecule is O=C(c1ccc(Br)cc1Cl)N1CCC(CBr)C1. The Morgan fingerprint density at radius 1 is 1.53 bits per heavy atom. The first-order valence-corrected chi connectivity index (χ1v) is 7.71. The van der Waals surface area contributed by atoms with Crippen LogP contribution in [0.2, 0.25) is 5.02 Å². The van der Waals surface area contributed by atoms with Crippen LogP contribution in [0.3, 0.4) is 0 Å². The van der Waals surface area contributed by atoms with Gasteiger partial charge in [-0.25, -0.2) is 0 Å². The molecule has 0 aliphatic carbocycles. The van der Waals surface area contributed by atoms with Gasteiger partial charge in [-0.1, -0.05) is 43.5 Å². The van der Waals surface area contributed by atoms with E-state index in [0.717, 1.165) is 29.3 Å². The van der Waals surface area contributed by atoms with Gasteiger partial charge in [0.1, 0.15) is 0 Å². The number of benzene rings is 1. The van der Waals surface area contributed by atoms with Gasteiger partial charge in [0, 0.05) is 22.9 Å². The predicted octanol–water partition coefficient (Wildman–Crippen LogP) is 3.96. The zero-order valence-electron chi connectivity index (χ0n) is 9.13. The van der Waals surface area contributed by atoms with Gasteiger partial charge in [0.15, 0.2) is 0 Å². The maximum Gasteiger partial charge on any atom is 0.255 e. The van der Waals surface area contributed by atoms with Crippen LogP contribution < -0.4 is 0 Å². The molecule has 1 fully saturated rings. The average Bonchev–Trinajstić information content (AvgIpc) is 2.76. The van der Waals surface area contributed by atoms with Crippen molar-refractivity contribution in [1.82, 2.24) is 4.90 Å². The molecule has 2 rings (SSSR count). The zero-order chi connectivity index (χ0) is 12.4. The third kappa shape index (κ3) is 3.04. The van der Waals surface area contributed by atoms with Gasteiger partial charge in [-0.3, -0.25) is 4.79 Å². The smallest absolute Gasteiger partial charge is 0.255 e. The standard InChI is InChI=1S/C12H12Br2ClNO/c13-6-8-3-4-16(7-8)12(17)10-2-1-9(14)5-11(10)15/h1-2,5,8H,3-4,6-7H2. The Balaban J connectivity index is 2.15. The third-order valence-corrected chi connectivity index (χ3v) is 4.67. The van der Waals surface area contributed by atoms with Crippen LogP contribution in [0, 0.1) is 5.92 Å². The van der Waals surface area contributed by atoms with Crippen molar-refractivity contribution in [3.8, 4) is 0 Å². The molecule has 0 N–H and O–H groups in total. The van der Waals surface area contributed by atoms with E-state index < -0.39 is 0 Å². The lowest BCUT2D eigenvalue weighted by Crippen LogP contribution is -2.29. The van der Waals surface area contributed by atoms with E-state index in [9.17, 15) is 4.79 Å². The molecule has 0 aromatic heterocycles. The van der Waals surface area contributed by atoms with Gasteiger partial charge in [-0.15, -0.1) is 0 Å². The Hall–Kier alpha value is -0.0600. The molecule has 92 valence electrons. The molecule has 0 radical (unpaired) electrons. The summed E-state index contributed by atoms with van der Waals surface area (Å²) in [6.07, 6.45) is 1.06. The molecule has 1 heterocycles. The number of hydrogen-bond acceptors (Lipinski definition) is 1. The van der Waals surface area contributed by atoms with E-state index in [1.807, 2.05) is 11.0 Å². The van der Waals surface area contributed by atoms with Crippen molar-refractivity contribution in [1.29, 1.82) is 0 Å². The maximum absolute atomic E-state index is 12.3. The van der Waals surface area contributed by atoms with Crippen molar-refractivity contribution < 1.29 is 4.79 Å². The van der Waals surface area contributed by atoms with E-state index >= 15 is 0 Å². The molecular weight excluding hydrogens is 369 g/mol. The number of alkyl halides is 1. The molecule has 1 unspecified atom stereocenters. The van der Waals surface area contributed by atoms with Gasteiger partial charge in [0.25, 0.3) is 5.91 Å². The molecule has 1 saturated heterocycles. The van der Waals surface area contributed by atoms with Crippen LogP contribution in [-0.2, 0) is 0 Å². The van der Waals surface area contributed by atoms with Crippen molar-refractivity contribution in [3.05, 3.63) is 33.3 Å². The first-order valence-electron chi connectivity index (χ1n) is 5.42. The van der Waals surface area contributed by atoms with Crippen molar-refractivity contribution >= 4 is 49.4 Å². The summed E-state index contributed by atoms with van der Waals surface area (Å²) >= 11 is 12.9. The predicted molar refractivity (Wildman–Crippen MR) is 77.0 cm³/mol. The summed E-state index contributed by atoms with van der Waals surface area (Å²) in [7, 11) is 0. The van der Waals surface area contributed by atoms with Crippen molar-refractivity contribution in [2.75, 3.05) is 18.4 Å². The van der Waals surface area contributed by atoms with Gasteiger partial charge >= 0.3 is 0 Å². The van der Waals surface area contributed by atoms with Crippen molar-refractivity contribution in [2.24, 2.45) is 5.92 Å². The highest BCUT2D eigenvalue weighted by Crippen LogP contribution is 2.25. The third-order valence-electron chi connectivity index (χ3n) is 2.95. The van der Waals surface area contributed by atoms with Crippen molar-refractivity contribution in [2.45, 2.75) is 6.42 Å². The number of nitrogens with zero attached hydrogens (tertiary/aromatic N) is 1. The molecule has 1 atom stereocenters. The van der Waals surface area contributed by atoms with Gasteiger partial charge in [-0.05, 0) is 30.5 Å². The zero-order valence-corrected chi connectivity index (χ0v) is 13.1. The Morgan fingerprint density at radius 3 is 2.88 bits per heavy atom. The number of hydrogen-bond donors (Lipinski definition) is 0. The lowest BCUT2D eigenvalue weighted by atomic mass is 10.2. The molecule has 5 heteroatoms. The second kappa shape index (κ2) is 5.72. The highest BCUT2D eigenvalue weighted by Gasteiger charge is 2.27. The fraction of sp³-hybridized carbons (Fsp3) is 0.417. The second-order valence-corrected chi connectivity index (χ2v) is 6.15. The van der Waals surface area contributed by atoms with Gasteiger partial charge in [0.2, 0.25) is 0 Å². The Kier molecular flexibility index (Phi) is 4.50. The number of carbonyl (C=O) groups excluding carboxylic acids is 1. The van der Waals surface area contributed by atoms with Gasteiger partial charge in [0.05, 0.1) is 10.6 Å². The summed E-state index contributed by atoms with van der Waals surface area (Å²) in [5.41, 5.74) is 0.588. The minimum absolute atomic E-state index is 0.0333. The van der Waals surface area contributed by atoms with Crippen LogP contribution >= 0.6 is 43.5 Å². The first-order chi connectivity index (χ1) is 8.11. The second-order valence-electron chi connectivity index (χ2n) is 4.18. The Morgan fingerprint density at radius 2 is 2.29 bits per heavy atom. The average molecular weight is 381 g/mol. The van der Waals surface area contributed by atoms with E-state index in [1.54, 1.807) is 12.1 Å². The minimum atomic E-state index is 0.0333. The molecule has 17 heavy (non-hydrogen) atoms. The highest BCUT2D eigenvalue weighted by atomic mass is 79.9. The summed E-state index contributed by atoms with van der Waals surface area (Å²) < 4.78 is 0.888. The lowest BCUT2D eigenvalue weighted by Gasteiger charge is -2.17. The molecule has 1 aliphatic heterocycles. The summed E-state index contributed by atoms with van der Waals surface area (Å²) in [6, 6.07) is 5.38. The van der Waals surface area contributed by atoms with Crippen molar-refractivity contribution in [3.63, 3.8) is 0 Å². The fourth-order valence-corrected chi connectivity index (χ4v) is 3.26. The van der Waals surface area contributed by atoms with E-state index in [4.69, 9.17) is 11.6 Å². The maximum atomic E-state index is 12.3. The van der Waals surface area contributed by atoms with E-state index in [1.165, 1.54) is 0 Å². The number of rotatable bonds is 2. The topological polar surface area (TPSA) is 20.3 Å². The summed E-state index contributed by atoms with van der Waals surface area (Å²) in [5.74, 6) is 0.596. The molecule has 1 amide bonds. The lowest BCUT2D eigenvalue weighted by molar-refractivity contribution is 0.0788. The fourth-order valence-electron chi connectivity index (χ4n) is 1.98. The quantitative estimate of drug-likeness (QED) is 0.710. The van der Waals surface area contributed by atoms with Crippen LogP contribution in [0.25, 0.3) is 0 Å². The van der Waals surface area contributed by atoms with E-state index in [2.05, 4.69) is 31.9 Å². The summed E-state index contributed by atoms with van der Waals surface area (Å²) in [5, 5.41) is 1.46. The molecule has 1 aromatic carbocycles. The summed E-state index contributed by atoms with van der Waals surface area (Å²) in [4.78, 5) is 14.1. The minimum Gasteiger partial charge on any atom is -0.338 e. The summed E-state index contributed by atoms with van der Waals surface area (Å²) in [6.45, 7) is 1.64. The molecule has 2 nitrogen and oxygen atoms in total. The number of likely N-dealkylation sites (tertiary alicyclic amines) is 1. The highest BCUT2D eigenvalue weighted by molar-refractivity contribution is 9.10. The van der Waals surface area contributed by atoms with Gasteiger partial charge < -0.3 is 4.90 Å². The molecular formula is C12H12Br2ClNO.